The fourth-order valence-corrected chi connectivity index (χ4v) is 3.37. The van der Waals surface area contributed by atoms with Crippen molar-refractivity contribution in [2.45, 2.75) is 19.6 Å². The molecule has 0 radical (unpaired) electrons. The first-order valence-corrected chi connectivity index (χ1v) is 9.46. The van der Waals surface area contributed by atoms with Crippen LogP contribution in [0.4, 0.5) is 5.69 Å². The Morgan fingerprint density at radius 1 is 1.25 bits per heavy atom. The smallest absolute Gasteiger partial charge is 0.269 e. The van der Waals surface area contributed by atoms with E-state index in [9.17, 15) is 10.1 Å². The van der Waals surface area contributed by atoms with Crippen LogP contribution in [-0.2, 0) is 17.9 Å². The molecule has 148 valence electrons. The van der Waals surface area contributed by atoms with E-state index < -0.39 is 0 Å². The summed E-state index contributed by atoms with van der Waals surface area (Å²) in [5.74, 6) is 1.29. The molecule has 0 aromatic heterocycles. The van der Waals surface area contributed by atoms with Crippen molar-refractivity contribution in [1.29, 1.82) is 0 Å². The third kappa shape index (κ3) is 5.53. The molecule has 28 heavy (non-hydrogen) atoms. The molecule has 0 spiro atoms. The quantitative estimate of drug-likeness (QED) is 0.344. The van der Waals surface area contributed by atoms with E-state index in [0.29, 0.717) is 19.1 Å². The van der Waals surface area contributed by atoms with Crippen molar-refractivity contribution in [3.05, 3.63) is 75.8 Å². The van der Waals surface area contributed by atoms with Crippen LogP contribution in [0.1, 0.15) is 17.5 Å². The number of non-ortho nitro benzene ring substituents is 1. The summed E-state index contributed by atoms with van der Waals surface area (Å²) in [5.41, 5.74) is 2.15. The molecule has 7 heteroatoms. The van der Waals surface area contributed by atoms with Crippen LogP contribution in [0, 0.1) is 16.0 Å². The maximum Gasteiger partial charge on any atom is 0.269 e. The number of aliphatic imine (C=N–C) groups is 1. The van der Waals surface area contributed by atoms with Crippen LogP contribution in [0.3, 0.4) is 0 Å². The van der Waals surface area contributed by atoms with Gasteiger partial charge in [0.1, 0.15) is 0 Å². The zero-order valence-electron chi connectivity index (χ0n) is 16.1. The summed E-state index contributed by atoms with van der Waals surface area (Å²) < 4.78 is 5.88. The number of hydrogen-bond acceptors (Lipinski definition) is 4. The number of guanidine groups is 1. The largest absolute Gasteiger partial charge is 0.376 e. The highest BCUT2D eigenvalue weighted by Crippen LogP contribution is 2.18. The highest BCUT2D eigenvalue weighted by Gasteiger charge is 2.25. The Morgan fingerprint density at radius 2 is 2.04 bits per heavy atom. The van der Waals surface area contributed by atoms with Crippen LogP contribution in [0.15, 0.2) is 59.6 Å². The molecule has 1 fully saturated rings. The number of nitrogens with one attached hydrogen (secondary N) is 1. The Hall–Kier alpha value is -2.93. The Balaban J connectivity index is 1.45. The van der Waals surface area contributed by atoms with Gasteiger partial charge >= 0.3 is 0 Å². The van der Waals surface area contributed by atoms with Crippen molar-refractivity contribution in [2.24, 2.45) is 10.9 Å². The Kier molecular flexibility index (Phi) is 6.97. The molecule has 0 aliphatic carbocycles. The van der Waals surface area contributed by atoms with Gasteiger partial charge in [-0.15, -0.1) is 0 Å². The molecule has 1 unspecified atom stereocenters. The number of likely N-dealkylation sites (tertiary alicyclic amines) is 1. The lowest BCUT2D eigenvalue weighted by Crippen LogP contribution is -2.39. The summed E-state index contributed by atoms with van der Waals surface area (Å²) in [6.45, 7) is 3.68. The van der Waals surface area contributed by atoms with Gasteiger partial charge in [0.15, 0.2) is 5.96 Å². The van der Waals surface area contributed by atoms with E-state index in [4.69, 9.17) is 4.74 Å². The van der Waals surface area contributed by atoms with Crippen LogP contribution >= 0.6 is 0 Å². The van der Waals surface area contributed by atoms with Gasteiger partial charge in [-0.2, -0.15) is 0 Å². The van der Waals surface area contributed by atoms with E-state index in [1.807, 2.05) is 24.3 Å². The van der Waals surface area contributed by atoms with Gasteiger partial charge in [-0.05, 0) is 17.5 Å². The molecule has 1 N–H and O–H groups in total. The van der Waals surface area contributed by atoms with E-state index >= 15 is 0 Å². The molecule has 0 saturated carbocycles. The third-order valence-corrected chi connectivity index (χ3v) is 4.83. The molecule has 2 aromatic rings. The van der Waals surface area contributed by atoms with Crippen molar-refractivity contribution in [3.63, 3.8) is 0 Å². The lowest BCUT2D eigenvalue weighted by atomic mass is 10.1. The predicted octanol–water partition coefficient (Wildman–Crippen LogP) is 3.21. The maximum absolute atomic E-state index is 10.9. The number of nitro benzene ring substituents is 1. The first kappa shape index (κ1) is 19.8. The Bertz CT molecular complexity index is 810. The molecule has 7 nitrogen and oxygen atoms in total. The molecule has 1 heterocycles. The van der Waals surface area contributed by atoms with Crippen molar-refractivity contribution in [2.75, 3.05) is 26.7 Å². The average molecular weight is 382 g/mol. The fraction of sp³-hybridized carbons (Fsp3) is 0.381. The van der Waals surface area contributed by atoms with E-state index in [1.165, 1.54) is 11.6 Å². The standard InChI is InChI=1S/C21H26N4O3/c1-22-21(23-13-18-8-5-9-20(12-18)25(26)27)24-11-10-19(14-24)16-28-15-17-6-3-2-4-7-17/h2-9,12,19H,10-11,13-16H2,1H3,(H,22,23). The van der Waals surface area contributed by atoms with Gasteiger partial charge < -0.3 is 15.0 Å². The second-order valence-corrected chi connectivity index (χ2v) is 6.93. The van der Waals surface area contributed by atoms with Crippen LogP contribution < -0.4 is 5.32 Å². The zero-order chi connectivity index (χ0) is 19.8. The average Bonchev–Trinajstić information content (AvgIpc) is 3.18. The Morgan fingerprint density at radius 3 is 2.79 bits per heavy atom. The second-order valence-electron chi connectivity index (χ2n) is 6.93. The molecule has 1 aliphatic rings. The summed E-state index contributed by atoms with van der Waals surface area (Å²) in [6.07, 6.45) is 1.06. The highest BCUT2D eigenvalue weighted by atomic mass is 16.6. The van der Waals surface area contributed by atoms with Gasteiger partial charge in [-0.3, -0.25) is 15.1 Å². The molecule has 1 saturated heterocycles. The number of rotatable bonds is 7. The van der Waals surface area contributed by atoms with E-state index in [2.05, 4.69) is 27.3 Å². The van der Waals surface area contributed by atoms with Crippen molar-refractivity contribution < 1.29 is 9.66 Å². The number of nitrogens with zero attached hydrogens (tertiary/aromatic N) is 3. The molecule has 0 amide bonds. The van der Waals surface area contributed by atoms with E-state index in [0.717, 1.165) is 37.6 Å². The molecular formula is C21H26N4O3. The predicted molar refractivity (Wildman–Crippen MR) is 109 cm³/mol. The first-order chi connectivity index (χ1) is 13.7. The monoisotopic (exact) mass is 382 g/mol. The van der Waals surface area contributed by atoms with Gasteiger partial charge in [-0.25, -0.2) is 0 Å². The number of ether oxygens (including phenoxy) is 1. The third-order valence-electron chi connectivity index (χ3n) is 4.83. The number of nitro groups is 1. The van der Waals surface area contributed by atoms with Crippen molar-refractivity contribution in [3.8, 4) is 0 Å². The van der Waals surface area contributed by atoms with E-state index in [-0.39, 0.29) is 10.6 Å². The SMILES string of the molecule is CN=C(NCc1cccc([N+](=O)[O-])c1)N1CCC(COCc2ccccc2)C1. The molecule has 2 aromatic carbocycles. The minimum atomic E-state index is -0.376. The topological polar surface area (TPSA) is 80.0 Å². The molecule has 3 rings (SSSR count). The summed E-state index contributed by atoms with van der Waals surface area (Å²) in [6, 6.07) is 16.8. The second kappa shape index (κ2) is 9.85. The fourth-order valence-electron chi connectivity index (χ4n) is 3.37. The summed E-state index contributed by atoms with van der Waals surface area (Å²) in [5, 5.41) is 14.2. The Labute approximate surface area is 165 Å². The first-order valence-electron chi connectivity index (χ1n) is 9.46. The van der Waals surface area contributed by atoms with Crippen molar-refractivity contribution >= 4 is 11.6 Å². The van der Waals surface area contributed by atoms with Crippen LogP contribution in [0.2, 0.25) is 0 Å². The van der Waals surface area contributed by atoms with Gasteiger partial charge in [0, 0.05) is 44.7 Å². The van der Waals surface area contributed by atoms with Gasteiger partial charge in [0.25, 0.3) is 5.69 Å². The maximum atomic E-state index is 10.9. The summed E-state index contributed by atoms with van der Waals surface area (Å²) >= 11 is 0. The van der Waals surface area contributed by atoms with Gasteiger partial charge in [0.05, 0.1) is 18.1 Å². The summed E-state index contributed by atoms with van der Waals surface area (Å²) in [7, 11) is 1.76. The minimum Gasteiger partial charge on any atom is -0.376 e. The normalized spacial score (nSPS) is 17.0. The van der Waals surface area contributed by atoms with Gasteiger partial charge in [-0.1, -0.05) is 42.5 Å². The van der Waals surface area contributed by atoms with Crippen LogP contribution in [-0.4, -0.2) is 42.5 Å². The highest BCUT2D eigenvalue weighted by molar-refractivity contribution is 5.80. The molecule has 0 bridgehead atoms. The molecule has 1 aliphatic heterocycles. The lowest BCUT2D eigenvalue weighted by Gasteiger charge is -2.21. The number of hydrogen-bond donors (Lipinski definition) is 1. The minimum absolute atomic E-state index is 0.103. The molecule has 1 atom stereocenters. The number of benzene rings is 2. The van der Waals surface area contributed by atoms with E-state index in [1.54, 1.807) is 19.2 Å². The van der Waals surface area contributed by atoms with Crippen molar-refractivity contribution in [1.82, 2.24) is 10.2 Å². The molecular weight excluding hydrogens is 356 g/mol. The van der Waals surface area contributed by atoms with Crippen LogP contribution in [0.5, 0.6) is 0 Å². The zero-order valence-corrected chi connectivity index (χ0v) is 16.1. The summed E-state index contributed by atoms with van der Waals surface area (Å²) in [4.78, 5) is 17.1. The lowest BCUT2D eigenvalue weighted by molar-refractivity contribution is -0.384. The van der Waals surface area contributed by atoms with Gasteiger partial charge in [0.2, 0.25) is 0 Å². The van der Waals surface area contributed by atoms with Crippen LogP contribution in [0.25, 0.3) is 0 Å².